The molecule has 2 atom stereocenters. The van der Waals surface area contributed by atoms with Crippen LogP contribution in [0.5, 0.6) is 0 Å². The number of anilines is 1. The minimum atomic E-state index is -4.69. The molecule has 36 heavy (non-hydrogen) atoms. The first-order chi connectivity index (χ1) is 17.1. The predicted octanol–water partition coefficient (Wildman–Crippen LogP) is 4.88. The van der Waals surface area contributed by atoms with Gasteiger partial charge in [0.05, 0.1) is 14.8 Å². The number of hydrogen-bond acceptors (Lipinski definition) is 6. The molecule has 4 aromatic rings. The molecule has 2 unspecified atom stereocenters. The van der Waals surface area contributed by atoms with Crippen molar-refractivity contribution in [2.45, 2.75) is 35.0 Å². The van der Waals surface area contributed by atoms with E-state index < -0.39 is 21.1 Å². The zero-order valence-corrected chi connectivity index (χ0v) is 21.3. The fraction of sp³-hybridized carbons (Fsp3) is 0.333. The zero-order chi connectivity index (χ0) is 25.7. The van der Waals surface area contributed by atoms with Crippen LogP contribution in [-0.4, -0.2) is 41.1 Å². The highest BCUT2D eigenvalue weighted by Gasteiger charge is 2.43. The maximum Gasteiger partial charge on any atom is 0.416 e. The molecule has 0 spiro atoms. The first-order valence-electron chi connectivity index (χ1n) is 11.2. The van der Waals surface area contributed by atoms with E-state index in [1.807, 2.05) is 17.0 Å². The number of pyridine rings is 1. The molecule has 1 saturated heterocycles. The van der Waals surface area contributed by atoms with Gasteiger partial charge in [-0.2, -0.15) is 18.3 Å². The number of rotatable bonds is 4. The van der Waals surface area contributed by atoms with Gasteiger partial charge in [0.2, 0.25) is 0 Å². The molecule has 0 saturated carbocycles. The summed E-state index contributed by atoms with van der Waals surface area (Å²) in [5.74, 6) is -0.416. The van der Waals surface area contributed by atoms with Crippen LogP contribution in [-0.2, 0) is 19.6 Å². The summed E-state index contributed by atoms with van der Waals surface area (Å²) in [6, 6.07) is 6.26. The average Bonchev–Trinajstić information content (AvgIpc) is 3.24. The van der Waals surface area contributed by atoms with E-state index in [1.165, 1.54) is 6.07 Å². The van der Waals surface area contributed by atoms with Crippen molar-refractivity contribution in [3.63, 3.8) is 0 Å². The van der Waals surface area contributed by atoms with Crippen LogP contribution in [0.3, 0.4) is 0 Å². The van der Waals surface area contributed by atoms with E-state index in [4.69, 9.17) is 5.73 Å². The number of alkyl halides is 4. The number of piperidine rings is 1. The summed E-state index contributed by atoms with van der Waals surface area (Å²) in [5.41, 5.74) is 6.71. The number of nitrogens with two attached hydrogens (primary N) is 1. The zero-order valence-electron chi connectivity index (χ0n) is 19.2. The molecule has 0 amide bonds. The van der Waals surface area contributed by atoms with Gasteiger partial charge in [0, 0.05) is 55.4 Å². The first kappa shape index (κ1) is 24.8. The summed E-state index contributed by atoms with van der Waals surface area (Å²) in [4.78, 5) is 6.24. The van der Waals surface area contributed by atoms with Crippen LogP contribution in [0.1, 0.15) is 24.0 Å². The molecule has 4 heterocycles. The molecule has 0 radical (unpaired) electrons. The maximum atomic E-state index is 13.8. The monoisotopic (exact) mass is 611 g/mol. The van der Waals surface area contributed by atoms with E-state index in [1.54, 1.807) is 30.3 Å². The second kappa shape index (κ2) is 9.21. The van der Waals surface area contributed by atoms with Gasteiger partial charge in [-0.25, -0.2) is 4.39 Å². The number of hydrogen-bond donors (Lipinski definition) is 1. The lowest BCUT2D eigenvalue weighted by Crippen LogP contribution is -2.55. The third-order valence-corrected chi connectivity index (χ3v) is 7.91. The Morgan fingerprint density at radius 1 is 1.14 bits per heavy atom. The van der Waals surface area contributed by atoms with Gasteiger partial charge in [0.25, 0.3) is 0 Å². The van der Waals surface area contributed by atoms with Gasteiger partial charge in [-0.05, 0) is 42.7 Å². The number of benzene rings is 1. The first-order valence-corrected chi connectivity index (χ1v) is 12.3. The molecule has 12 heteroatoms. The van der Waals surface area contributed by atoms with Crippen molar-refractivity contribution in [2.75, 3.05) is 11.4 Å². The summed E-state index contributed by atoms with van der Waals surface area (Å²) in [6.07, 6.45) is 1.36. The largest absolute Gasteiger partial charge is 0.416 e. The van der Waals surface area contributed by atoms with Crippen LogP contribution in [0.4, 0.5) is 23.4 Å². The van der Waals surface area contributed by atoms with E-state index >= 15 is 0 Å². The number of nitrogens with zero attached hydrogens (tertiary/aromatic N) is 6. The van der Waals surface area contributed by atoms with Crippen molar-refractivity contribution in [1.29, 1.82) is 0 Å². The van der Waals surface area contributed by atoms with Crippen molar-refractivity contribution in [3.05, 3.63) is 65.9 Å². The minimum absolute atomic E-state index is 0.000653. The summed E-state index contributed by atoms with van der Waals surface area (Å²) in [7, 11) is 1.81. The average molecular weight is 611 g/mol. The summed E-state index contributed by atoms with van der Waals surface area (Å²) in [5, 5.41) is 14.8. The second-order valence-corrected chi connectivity index (χ2v) is 10.9. The highest BCUT2D eigenvalue weighted by molar-refractivity contribution is 14.1. The Kier molecular flexibility index (Phi) is 6.35. The quantitative estimate of drug-likeness (QED) is 0.153. The molecule has 1 fully saturated rings. The van der Waals surface area contributed by atoms with Gasteiger partial charge < -0.3 is 10.6 Å². The molecule has 7 nitrogen and oxygen atoms in total. The Bertz CT molecular complexity index is 1420. The topological polar surface area (TPSA) is 85.8 Å². The number of fused-ring (bicyclic) bond motifs is 1. The van der Waals surface area contributed by atoms with E-state index in [0.717, 1.165) is 22.5 Å². The Balaban J connectivity index is 1.63. The molecule has 2 N–H and O–H groups in total. The number of aryl methyl sites for hydroxylation is 1. The van der Waals surface area contributed by atoms with Crippen LogP contribution >= 0.6 is 22.6 Å². The van der Waals surface area contributed by atoms with E-state index in [-0.39, 0.29) is 18.0 Å². The third-order valence-electron chi connectivity index (χ3n) is 6.50. The Hall–Kier alpha value is -2.87. The highest BCUT2D eigenvalue weighted by atomic mass is 127. The van der Waals surface area contributed by atoms with E-state index in [2.05, 4.69) is 42.9 Å². The molecule has 188 valence electrons. The molecule has 1 aliphatic heterocycles. The van der Waals surface area contributed by atoms with Gasteiger partial charge in [-0.3, -0.25) is 9.67 Å². The molecule has 0 bridgehead atoms. The van der Waals surface area contributed by atoms with Crippen LogP contribution < -0.4 is 10.6 Å². The van der Waals surface area contributed by atoms with Gasteiger partial charge in [-0.1, -0.05) is 28.7 Å². The lowest BCUT2D eigenvalue weighted by atomic mass is 9.90. The summed E-state index contributed by atoms with van der Waals surface area (Å²) in [6.45, 7) is 0.469. The van der Waals surface area contributed by atoms with E-state index in [0.29, 0.717) is 37.0 Å². The van der Waals surface area contributed by atoms with Crippen molar-refractivity contribution in [1.82, 2.24) is 25.0 Å². The Morgan fingerprint density at radius 2 is 1.94 bits per heavy atom. The lowest BCUT2D eigenvalue weighted by Gasteiger charge is -2.46. The Labute approximate surface area is 217 Å². The summed E-state index contributed by atoms with van der Waals surface area (Å²) < 4.78 is 55.9. The van der Waals surface area contributed by atoms with Gasteiger partial charge >= 0.3 is 6.18 Å². The van der Waals surface area contributed by atoms with Crippen LogP contribution in [0.25, 0.3) is 22.2 Å². The fourth-order valence-corrected chi connectivity index (χ4v) is 6.26. The SMILES string of the molecule is Cn1nccc1-c1nnc(N2CCC(N)CC2(I)Cc2ccc(F)cc2C(F)(F)F)c2cnccc12. The molecule has 0 aliphatic carbocycles. The Morgan fingerprint density at radius 3 is 2.67 bits per heavy atom. The molecular formula is C24H22F4IN7. The van der Waals surface area contributed by atoms with Crippen LogP contribution in [0.2, 0.25) is 0 Å². The number of halogens is 5. The van der Waals surface area contributed by atoms with Gasteiger partial charge in [0.1, 0.15) is 11.5 Å². The van der Waals surface area contributed by atoms with Crippen molar-refractivity contribution < 1.29 is 17.6 Å². The molecule has 1 aliphatic rings. The molecule has 3 aromatic heterocycles. The molecule has 1 aromatic carbocycles. The van der Waals surface area contributed by atoms with E-state index in [9.17, 15) is 17.6 Å². The normalized spacial score (nSPS) is 20.8. The smallest absolute Gasteiger partial charge is 0.340 e. The van der Waals surface area contributed by atoms with Crippen LogP contribution in [0.15, 0.2) is 48.9 Å². The number of aromatic nitrogens is 5. The predicted molar refractivity (Wildman–Crippen MR) is 136 cm³/mol. The molecule has 5 rings (SSSR count). The van der Waals surface area contributed by atoms with Crippen molar-refractivity contribution in [2.24, 2.45) is 12.8 Å². The minimum Gasteiger partial charge on any atom is -0.340 e. The molecular weight excluding hydrogens is 589 g/mol. The van der Waals surface area contributed by atoms with Crippen molar-refractivity contribution in [3.8, 4) is 11.4 Å². The third kappa shape index (κ3) is 4.51. The van der Waals surface area contributed by atoms with Crippen LogP contribution in [0, 0.1) is 5.82 Å². The van der Waals surface area contributed by atoms with Crippen molar-refractivity contribution >= 4 is 39.2 Å². The standard InChI is InChI=1S/C24H22F4IN7/c1-35-20(5-8-32-35)21-17-4-7-31-13-18(17)22(34-33-21)36-9-6-16(30)12-23(36,29)11-14-2-3-15(25)10-19(14)24(26,27)28/h2-5,7-8,10,13,16H,6,9,11-12,30H2,1H3. The fourth-order valence-electron chi connectivity index (χ4n) is 4.81. The summed E-state index contributed by atoms with van der Waals surface area (Å²) >= 11 is 2.17. The highest BCUT2D eigenvalue weighted by Crippen LogP contribution is 2.44. The lowest BCUT2D eigenvalue weighted by molar-refractivity contribution is -0.138. The van der Waals surface area contributed by atoms with Gasteiger partial charge in [0.15, 0.2) is 5.82 Å². The second-order valence-electron chi connectivity index (χ2n) is 8.93. The van der Waals surface area contributed by atoms with Gasteiger partial charge in [-0.15, -0.1) is 10.2 Å². The maximum absolute atomic E-state index is 13.8.